The number of hydrogen-bond donors (Lipinski definition) is 1. The number of carbonyl (C=O) groups is 1. The first-order valence-corrected chi connectivity index (χ1v) is 7.78. The van der Waals surface area contributed by atoms with Crippen LogP contribution in [-0.2, 0) is 15.6 Å². The van der Waals surface area contributed by atoms with E-state index in [0.717, 1.165) is 23.7 Å². The second-order valence-electron chi connectivity index (χ2n) is 4.69. The van der Waals surface area contributed by atoms with Crippen LogP contribution in [0.1, 0.15) is 27.2 Å². The van der Waals surface area contributed by atoms with Crippen LogP contribution in [0.4, 0.5) is 0 Å². The van der Waals surface area contributed by atoms with Crippen LogP contribution < -0.4 is 0 Å². The van der Waals surface area contributed by atoms with E-state index in [4.69, 9.17) is 5.11 Å². The van der Waals surface area contributed by atoms with Gasteiger partial charge in [-0.15, -0.1) is 0 Å². The van der Waals surface area contributed by atoms with Gasteiger partial charge in [-0.05, 0) is 37.1 Å². The fourth-order valence-corrected chi connectivity index (χ4v) is 3.21. The molecule has 0 unspecified atom stereocenters. The number of aromatic carboxylic acids is 1. The fourth-order valence-electron chi connectivity index (χ4n) is 1.82. The Morgan fingerprint density at radius 3 is 2.57 bits per heavy atom. The monoisotopic (exact) mass is 306 g/mol. The second kappa shape index (κ2) is 5.61. The van der Waals surface area contributed by atoms with Crippen molar-refractivity contribution in [3.8, 4) is 0 Å². The van der Waals surface area contributed by atoms with Crippen LogP contribution in [0.15, 0.2) is 35.6 Å². The van der Waals surface area contributed by atoms with Crippen molar-refractivity contribution in [1.29, 1.82) is 0 Å². The minimum absolute atomic E-state index is 0.0178. The van der Waals surface area contributed by atoms with Crippen LogP contribution in [0, 0.1) is 13.8 Å². The van der Waals surface area contributed by atoms with Crippen molar-refractivity contribution < 1.29 is 18.3 Å². The predicted molar refractivity (Wildman–Crippen MR) is 75.8 cm³/mol. The first-order valence-electron chi connectivity index (χ1n) is 6.13. The van der Waals surface area contributed by atoms with E-state index in [1.807, 2.05) is 13.8 Å². The number of carboxylic acid groups (broad SMARTS) is 1. The van der Waals surface area contributed by atoms with Gasteiger partial charge in [0, 0.05) is 6.20 Å². The number of aromatic nitrogens is 2. The lowest BCUT2D eigenvalue weighted by Gasteiger charge is -2.08. The lowest BCUT2D eigenvalue weighted by molar-refractivity contribution is 0.0695. The van der Waals surface area contributed by atoms with Crippen LogP contribution in [0.3, 0.4) is 0 Å². The van der Waals surface area contributed by atoms with Crippen molar-refractivity contribution in [2.75, 3.05) is 0 Å². The highest BCUT2D eigenvalue weighted by Gasteiger charge is 2.21. The summed E-state index contributed by atoms with van der Waals surface area (Å²) in [5.74, 6) is -1.72. The summed E-state index contributed by atoms with van der Waals surface area (Å²) >= 11 is 0. The van der Waals surface area contributed by atoms with E-state index in [1.54, 1.807) is 12.1 Å². The summed E-state index contributed by atoms with van der Waals surface area (Å²) in [6, 6.07) is 4.81. The number of sulfone groups is 1. The molecule has 0 aliphatic heterocycles. The zero-order valence-electron chi connectivity index (χ0n) is 11.6. The molecule has 1 heterocycles. The predicted octanol–water partition coefficient (Wildman–Crippen LogP) is 1.77. The maximum absolute atomic E-state index is 12.4. The van der Waals surface area contributed by atoms with Gasteiger partial charge in [-0.1, -0.05) is 6.07 Å². The summed E-state index contributed by atoms with van der Waals surface area (Å²) in [4.78, 5) is 18.6. The molecule has 7 heteroatoms. The smallest absolute Gasteiger partial charge is 0.339 e. The van der Waals surface area contributed by atoms with Gasteiger partial charge < -0.3 is 5.11 Å². The van der Waals surface area contributed by atoms with E-state index >= 15 is 0 Å². The van der Waals surface area contributed by atoms with Crippen LogP contribution in [-0.4, -0.2) is 29.5 Å². The first kappa shape index (κ1) is 15.1. The van der Waals surface area contributed by atoms with Gasteiger partial charge in [0.25, 0.3) is 0 Å². The maximum Gasteiger partial charge on any atom is 0.339 e. The molecule has 1 aromatic heterocycles. The highest BCUT2D eigenvalue weighted by molar-refractivity contribution is 7.90. The Hall–Kier alpha value is -2.28. The Balaban J connectivity index is 2.42. The number of nitrogens with zero attached hydrogens (tertiary/aromatic N) is 2. The normalized spacial score (nSPS) is 11.3. The largest absolute Gasteiger partial charge is 0.478 e. The van der Waals surface area contributed by atoms with E-state index in [2.05, 4.69) is 9.97 Å². The Kier molecular flexibility index (Phi) is 4.04. The average molecular weight is 306 g/mol. The van der Waals surface area contributed by atoms with Gasteiger partial charge in [0.05, 0.1) is 16.3 Å². The van der Waals surface area contributed by atoms with Crippen molar-refractivity contribution >= 4 is 15.8 Å². The third-order valence-electron chi connectivity index (χ3n) is 3.19. The summed E-state index contributed by atoms with van der Waals surface area (Å²) in [6.45, 7) is 3.71. The van der Waals surface area contributed by atoms with Gasteiger partial charge in [0.2, 0.25) is 0 Å². The summed E-state index contributed by atoms with van der Waals surface area (Å²) in [6.07, 6.45) is 2.23. The quantitative estimate of drug-likeness (QED) is 0.924. The Morgan fingerprint density at radius 2 is 1.95 bits per heavy atom. The molecule has 2 rings (SSSR count). The van der Waals surface area contributed by atoms with Gasteiger partial charge in [-0.25, -0.2) is 23.2 Å². The van der Waals surface area contributed by atoms with Gasteiger partial charge in [0.1, 0.15) is 11.9 Å². The van der Waals surface area contributed by atoms with E-state index in [1.165, 1.54) is 6.07 Å². The van der Waals surface area contributed by atoms with E-state index < -0.39 is 21.6 Å². The number of carboxylic acids is 1. The van der Waals surface area contributed by atoms with Crippen LogP contribution in [0.25, 0.3) is 0 Å². The zero-order chi connectivity index (χ0) is 15.6. The second-order valence-corrected chi connectivity index (χ2v) is 6.68. The van der Waals surface area contributed by atoms with Crippen LogP contribution in [0.2, 0.25) is 0 Å². The Labute approximate surface area is 122 Å². The molecule has 2 aromatic rings. The summed E-state index contributed by atoms with van der Waals surface area (Å²) in [5, 5.41) is 9.04. The van der Waals surface area contributed by atoms with Gasteiger partial charge in [-0.3, -0.25) is 0 Å². The number of hydrogen-bond acceptors (Lipinski definition) is 5. The summed E-state index contributed by atoms with van der Waals surface area (Å²) in [5.41, 5.74) is 1.63. The van der Waals surface area contributed by atoms with Gasteiger partial charge in [-0.2, -0.15) is 0 Å². The highest BCUT2D eigenvalue weighted by atomic mass is 32.2. The number of aryl methyl sites for hydroxylation is 2. The third-order valence-corrected chi connectivity index (χ3v) is 4.82. The molecule has 1 aromatic carbocycles. The van der Waals surface area contributed by atoms with Gasteiger partial charge in [0.15, 0.2) is 9.84 Å². The molecule has 0 fully saturated rings. The molecule has 0 atom stereocenters. The van der Waals surface area contributed by atoms with Crippen molar-refractivity contribution in [1.82, 2.24) is 9.97 Å². The van der Waals surface area contributed by atoms with Crippen molar-refractivity contribution in [2.45, 2.75) is 24.5 Å². The fraction of sp³-hybridized carbons (Fsp3) is 0.214. The van der Waals surface area contributed by atoms with Crippen molar-refractivity contribution in [2.24, 2.45) is 0 Å². The molecule has 0 aliphatic carbocycles. The van der Waals surface area contributed by atoms with E-state index in [9.17, 15) is 13.2 Å². The molecule has 0 aliphatic rings. The molecule has 0 amide bonds. The van der Waals surface area contributed by atoms with Gasteiger partial charge >= 0.3 is 5.97 Å². The molecule has 0 radical (unpaired) electrons. The topological polar surface area (TPSA) is 97.2 Å². The molecule has 6 nitrogen and oxygen atoms in total. The zero-order valence-corrected chi connectivity index (χ0v) is 12.4. The molecule has 0 spiro atoms. The highest BCUT2D eigenvalue weighted by Crippen LogP contribution is 2.20. The molecular formula is C14H14N2O4S. The summed E-state index contributed by atoms with van der Waals surface area (Å²) in [7, 11) is -3.66. The summed E-state index contributed by atoms with van der Waals surface area (Å²) < 4.78 is 24.8. The molecular weight excluding hydrogens is 292 g/mol. The SMILES string of the molecule is Cc1ccc(S(=O)(=O)Cc2ncncc2C(=O)O)cc1C. The standard InChI is InChI=1S/C14H14N2O4S/c1-9-3-4-11(5-10(9)2)21(19,20)7-13-12(14(17)18)6-15-8-16-13/h3-6,8H,7H2,1-2H3,(H,17,18). The molecule has 21 heavy (non-hydrogen) atoms. The Morgan fingerprint density at radius 1 is 1.24 bits per heavy atom. The minimum atomic E-state index is -3.66. The Bertz CT molecular complexity index is 800. The number of rotatable bonds is 4. The van der Waals surface area contributed by atoms with E-state index in [0.29, 0.717) is 0 Å². The average Bonchev–Trinajstić information content (AvgIpc) is 2.41. The maximum atomic E-state index is 12.4. The molecule has 1 N–H and O–H groups in total. The van der Waals surface area contributed by atoms with E-state index in [-0.39, 0.29) is 16.2 Å². The molecule has 0 saturated heterocycles. The molecule has 110 valence electrons. The molecule has 0 bridgehead atoms. The molecule has 0 saturated carbocycles. The lowest BCUT2D eigenvalue weighted by Crippen LogP contribution is -2.12. The lowest BCUT2D eigenvalue weighted by atomic mass is 10.1. The number of benzene rings is 1. The van der Waals surface area contributed by atoms with Crippen LogP contribution in [0.5, 0.6) is 0 Å². The minimum Gasteiger partial charge on any atom is -0.478 e. The van der Waals surface area contributed by atoms with Crippen molar-refractivity contribution in [3.63, 3.8) is 0 Å². The van der Waals surface area contributed by atoms with Crippen molar-refractivity contribution in [3.05, 3.63) is 53.1 Å². The first-order chi connectivity index (χ1) is 9.81. The third kappa shape index (κ3) is 3.25. The van der Waals surface area contributed by atoms with Crippen LogP contribution >= 0.6 is 0 Å².